The van der Waals surface area contributed by atoms with Gasteiger partial charge in [-0.25, -0.2) is 4.98 Å². The van der Waals surface area contributed by atoms with Crippen molar-refractivity contribution >= 4 is 32.5 Å². The van der Waals surface area contributed by atoms with E-state index in [1.165, 1.54) is 11.3 Å². The summed E-state index contributed by atoms with van der Waals surface area (Å²) in [6, 6.07) is 12.0. The van der Waals surface area contributed by atoms with Crippen LogP contribution in [0.5, 0.6) is 0 Å². The molecule has 0 bridgehead atoms. The SMILES string of the molecule is C[C@H](c1cc2ccccc2o1)N(C)Cc1nc2ccsc2c(=O)[nH]1. The largest absolute Gasteiger partial charge is 0.459 e. The van der Waals surface area contributed by atoms with E-state index < -0.39 is 0 Å². The second-order valence-corrected chi connectivity index (χ2v) is 6.84. The molecule has 1 atom stereocenters. The topological polar surface area (TPSA) is 62.1 Å². The molecule has 0 amide bonds. The highest BCUT2D eigenvalue weighted by Crippen LogP contribution is 2.27. The van der Waals surface area contributed by atoms with Crippen LogP contribution in [0.15, 0.2) is 51.0 Å². The molecular formula is C18H17N3O2S. The van der Waals surface area contributed by atoms with Gasteiger partial charge in [0.2, 0.25) is 0 Å². The number of fused-ring (bicyclic) bond motifs is 2. The van der Waals surface area contributed by atoms with Gasteiger partial charge in [-0.1, -0.05) is 18.2 Å². The maximum atomic E-state index is 12.1. The predicted octanol–water partition coefficient (Wildman–Crippen LogP) is 3.92. The standard InChI is InChI=1S/C18H17N3O2S/c1-11(15-9-12-5-3-4-6-14(12)23-15)21(2)10-16-19-13-7-8-24-17(13)18(22)20-16/h3-9,11H,10H2,1-2H3,(H,19,20,22)/t11-/m1/s1. The summed E-state index contributed by atoms with van der Waals surface area (Å²) in [5.41, 5.74) is 1.57. The fourth-order valence-electron chi connectivity index (χ4n) is 2.80. The molecular weight excluding hydrogens is 322 g/mol. The number of hydrogen-bond acceptors (Lipinski definition) is 5. The highest BCUT2D eigenvalue weighted by atomic mass is 32.1. The van der Waals surface area contributed by atoms with Crippen molar-refractivity contribution in [2.45, 2.75) is 19.5 Å². The first-order valence-corrected chi connectivity index (χ1v) is 8.65. The summed E-state index contributed by atoms with van der Waals surface area (Å²) in [4.78, 5) is 21.6. The van der Waals surface area contributed by atoms with Crippen molar-refractivity contribution in [1.82, 2.24) is 14.9 Å². The third-order valence-electron chi connectivity index (χ3n) is 4.28. The molecule has 122 valence electrons. The molecule has 24 heavy (non-hydrogen) atoms. The van der Waals surface area contributed by atoms with Gasteiger partial charge in [-0.3, -0.25) is 9.69 Å². The van der Waals surface area contributed by atoms with Crippen LogP contribution in [-0.4, -0.2) is 21.9 Å². The van der Waals surface area contributed by atoms with Crippen LogP contribution in [0.2, 0.25) is 0 Å². The Balaban J connectivity index is 1.59. The first-order chi connectivity index (χ1) is 11.6. The Morgan fingerprint density at radius 3 is 3.00 bits per heavy atom. The molecule has 0 aliphatic heterocycles. The number of aromatic nitrogens is 2. The van der Waals surface area contributed by atoms with Gasteiger partial charge in [-0.2, -0.15) is 0 Å². The van der Waals surface area contributed by atoms with Crippen LogP contribution in [0.1, 0.15) is 24.6 Å². The Bertz CT molecular complexity index is 1030. The normalized spacial score (nSPS) is 13.1. The predicted molar refractivity (Wildman–Crippen MR) is 96.3 cm³/mol. The number of hydrogen-bond donors (Lipinski definition) is 1. The molecule has 0 spiro atoms. The molecule has 0 aliphatic rings. The minimum atomic E-state index is -0.0743. The number of benzene rings is 1. The van der Waals surface area contributed by atoms with Crippen LogP contribution in [0, 0.1) is 0 Å². The van der Waals surface area contributed by atoms with Crippen molar-refractivity contribution in [3.05, 3.63) is 63.7 Å². The maximum Gasteiger partial charge on any atom is 0.268 e. The average Bonchev–Trinajstić information content (AvgIpc) is 3.20. The van der Waals surface area contributed by atoms with Crippen LogP contribution < -0.4 is 5.56 Å². The first kappa shape index (κ1) is 15.1. The Morgan fingerprint density at radius 1 is 1.33 bits per heavy atom. The number of furan rings is 1. The monoisotopic (exact) mass is 339 g/mol. The van der Waals surface area contributed by atoms with Crippen molar-refractivity contribution in [3.8, 4) is 0 Å². The number of para-hydroxylation sites is 1. The quantitative estimate of drug-likeness (QED) is 0.612. The third kappa shape index (κ3) is 2.64. The maximum absolute atomic E-state index is 12.1. The molecule has 5 nitrogen and oxygen atoms in total. The van der Waals surface area contributed by atoms with E-state index in [4.69, 9.17) is 4.42 Å². The zero-order valence-corrected chi connectivity index (χ0v) is 14.3. The lowest BCUT2D eigenvalue weighted by molar-refractivity contribution is 0.221. The number of nitrogens with zero attached hydrogens (tertiary/aromatic N) is 2. The van der Waals surface area contributed by atoms with Gasteiger partial charge in [0.25, 0.3) is 5.56 Å². The first-order valence-electron chi connectivity index (χ1n) is 7.77. The molecule has 1 aromatic carbocycles. The van der Waals surface area contributed by atoms with E-state index >= 15 is 0 Å². The van der Waals surface area contributed by atoms with E-state index in [0.717, 1.165) is 22.2 Å². The van der Waals surface area contributed by atoms with Crippen LogP contribution in [0.4, 0.5) is 0 Å². The zero-order chi connectivity index (χ0) is 16.7. The summed E-state index contributed by atoms with van der Waals surface area (Å²) in [6.07, 6.45) is 0. The van der Waals surface area contributed by atoms with E-state index in [1.807, 2.05) is 42.8 Å². The highest BCUT2D eigenvalue weighted by Gasteiger charge is 2.17. The van der Waals surface area contributed by atoms with Gasteiger partial charge in [-0.05, 0) is 37.6 Å². The number of aromatic amines is 1. The summed E-state index contributed by atoms with van der Waals surface area (Å²) >= 11 is 1.41. The molecule has 0 aliphatic carbocycles. The molecule has 3 aromatic heterocycles. The summed E-state index contributed by atoms with van der Waals surface area (Å²) in [6.45, 7) is 2.62. The highest BCUT2D eigenvalue weighted by molar-refractivity contribution is 7.17. The molecule has 0 unspecified atom stereocenters. The van der Waals surface area contributed by atoms with Crippen LogP contribution in [0.3, 0.4) is 0 Å². The molecule has 0 saturated heterocycles. The van der Waals surface area contributed by atoms with Gasteiger partial charge >= 0.3 is 0 Å². The minimum Gasteiger partial charge on any atom is -0.459 e. The lowest BCUT2D eigenvalue weighted by Crippen LogP contribution is -2.24. The van der Waals surface area contributed by atoms with Crippen LogP contribution in [0.25, 0.3) is 21.2 Å². The van der Waals surface area contributed by atoms with Crippen LogP contribution in [-0.2, 0) is 6.54 Å². The minimum absolute atomic E-state index is 0.0703. The molecule has 0 radical (unpaired) electrons. The van der Waals surface area contributed by atoms with Gasteiger partial charge in [0, 0.05) is 5.39 Å². The van der Waals surface area contributed by atoms with Crippen molar-refractivity contribution in [2.75, 3.05) is 7.05 Å². The second-order valence-electron chi connectivity index (χ2n) is 5.93. The van der Waals surface area contributed by atoms with E-state index in [9.17, 15) is 4.79 Å². The van der Waals surface area contributed by atoms with Gasteiger partial charge in [-0.15, -0.1) is 11.3 Å². The van der Waals surface area contributed by atoms with E-state index in [2.05, 4.69) is 27.9 Å². The lowest BCUT2D eigenvalue weighted by Gasteiger charge is -2.22. The molecule has 0 saturated carbocycles. The van der Waals surface area contributed by atoms with Crippen molar-refractivity contribution in [1.29, 1.82) is 0 Å². The molecule has 4 aromatic rings. The molecule has 0 fully saturated rings. The summed E-state index contributed by atoms with van der Waals surface area (Å²) < 4.78 is 6.61. The smallest absolute Gasteiger partial charge is 0.268 e. The fraction of sp³-hybridized carbons (Fsp3) is 0.222. The molecule has 1 N–H and O–H groups in total. The van der Waals surface area contributed by atoms with Gasteiger partial charge in [0.05, 0.1) is 18.1 Å². The van der Waals surface area contributed by atoms with Gasteiger partial charge in [0.1, 0.15) is 21.9 Å². The lowest BCUT2D eigenvalue weighted by atomic mass is 10.2. The van der Waals surface area contributed by atoms with Gasteiger partial charge < -0.3 is 9.40 Å². The third-order valence-corrected chi connectivity index (χ3v) is 5.18. The summed E-state index contributed by atoms with van der Waals surface area (Å²) in [7, 11) is 2.00. The van der Waals surface area contributed by atoms with Crippen molar-refractivity contribution < 1.29 is 4.42 Å². The van der Waals surface area contributed by atoms with E-state index in [0.29, 0.717) is 17.1 Å². The Kier molecular flexibility index (Phi) is 3.70. The average molecular weight is 339 g/mol. The Morgan fingerprint density at radius 2 is 2.17 bits per heavy atom. The van der Waals surface area contributed by atoms with Crippen molar-refractivity contribution in [3.63, 3.8) is 0 Å². The van der Waals surface area contributed by atoms with Crippen molar-refractivity contribution in [2.24, 2.45) is 0 Å². The molecule has 3 heterocycles. The van der Waals surface area contributed by atoms with Gasteiger partial charge in [0.15, 0.2) is 0 Å². The van der Waals surface area contributed by atoms with E-state index in [1.54, 1.807) is 0 Å². The number of H-pyrrole nitrogens is 1. The Hall–Kier alpha value is -2.44. The molecule has 6 heteroatoms. The zero-order valence-electron chi connectivity index (χ0n) is 13.4. The number of nitrogens with one attached hydrogen (secondary N) is 1. The molecule has 4 rings (SSSR count). The summed E-state index contributed by atoms with van der Waals surface area (Å²) in [5, 5.41) is 2.98. The summed E-state index contributed by atoms with van der Waals surface area (Å²) in [5.74, 6) is 1.56. The number of thiophene rings is 1. The Labute approximate surface area is 142 Å². The van der Waals surface area contributed by atoms with E-state index in [-0.39, 0.29) is 11.6 Å². The number of rotatable bonds is 4. The second kappa shape index (κ2) is 5.89. The van der Waals surface area contributed by atoms with Crippen LogP contribution >= 0.6 is 11.3 Å². The fourth-order valence-corrected chi connectivity index (χ4v) is 3.52.